The van der Waals surface area contributed by atoms with Crippen LogP contribution < -0.4 is 0 Å². The van der Waals surface area contributed by atoms with Crippen LogP contribution in [0.5, 0.6) is 0 Å². The zero-order chi connectivity index (χ0) is 11.2. The van der Waals surface area contributed by atoms with Gasteiger partial charge in [-0.05, 0) is 38.3 Å². The van der Waals surface area contributed by atoms with Crippen molar-refractivity contribution in [3.8, 4) is 0 Å². The molecule has 3 rings (SSSR count). The molecule has 2 aliphatic heterocycles. The van der Waals surface area contributed by atoms with E-state index in [-0.39, 0.29) is 0 Å². The second-order valence-corrected chi connectivity index (χ2v) is 6.02. The molecule has 0 aromatic heterocycles. The van der Waals surface area contributed by atoms with E-state index in [0.29, 0.717) is 11.3 Å². The van der Waals surface area contributed by atoms with E-state index in [4.69, 9.17) is 0 Å². The molecular formula is C13H22N2O. The van der Waals surface area contributed by atoms with Gasteiger partial charge in [-0.2, -0.15) is 0 Å². The molecule has 3 fully saturated rings. The molecule has 0 radical (unpaired) electrons. The Hall–Kier alpha value is -0.570. The lowest BCUT2D eigenvalue weighted by Gasteiger charge is -2.48. The molecule has 1 aliphatic carbocycles. The number of hydrogen-bond donors (Lipinski definition) is 0. The summed E-state index contributed by atoms with van der Waals surface area (Å²) in [4.78, 5) is 16.5. The Morgan fingerprint density at radius 3 is 2.62 bits per heavy atom. The van der Waals surface area contributed by atoms with Gasteiger partial charge in [0, 0.05) is 31.5 Å². The lowest BCUT2D eigenvalue weighted by molar-refractivity contribution is -0.143. The minimum Gasteiger partial charge on any atom is -0.341 e. The first-order valence-corrected chi connectivity index (χ1v) is 6.71. The monoisotopic (exact) mass is 222 g/mol. The Labute approximate surface area is 97.8 Å². The molecule has 1 saturated carbocycles. The van der Waals surface area contributed by atoms with Gasteiger partial charge in [-0.15, -0.1) is 0 Å². The van der Waals surface area contributed by atoms with Gasteiger partial charge in [-0.3, -0.25) is 4.79 Å². The smallest absolute Gasteiger partial charge is 0.222 e. The summed E-state index contributed by atoms with van der Waals surface area (Å²) >= 11 is 0. The zero-order valence-corrected chi connectivity index (χ0v) is 10.2. The molecule has 0 atom stereocenters. The van der Waals surface area contributed by atoms with Gasteiger partial charge in [0.1, 0.15) is 0 Å². The van der Waals surface area contributed by atoms with E-state index in [1.165, 1.54) is 32.4 Å². The number of carbonyl (C=O) groups excluding carboxylic acids is 1. The fourth-order valence-electron chi connectivity index (χ4n) is 3.19. The van der Waals surface area contributed by atoms with Crippen LogP contribution in [-0.2, 0) is 4.79 Å². The van der Waals surface area contributed by atoms with Gasteiger partial charge in [0.2, 0.25) is 5.91 Å². The molecule has 1 amide bonds. The van der Waals surface area contributed by atoms with E-state index in [1.807, 2.05) is 0 Å². The van der Waals surface area contributed by atoms with Crippen LogP contribution in [0.2, 0.25) is 0 Å². The minimum atomic E-state index is 0.420. The fraction of sp³-hybridized carbons (Fsp3) is 0.923. The number of rotatable bonds is 3. The Morgan fingerprint density at radius 1 is 1.31 bits per heavy atom. The molecule has 0 unspecified atom stereocenters. The third-order valence-corrected chi connectivity index (χ3v) is 4.53. The van der Waals surface area contributed by atoms with Crippen molar-refractivity contribution in [2.24, 2.45) is 11.3 Å². The van der Waals surface area contributed by atoms with Crippen molar-refractivity contribution in [3.05, 3.63) is 0 Å². The lowest BCUT2D eigenvalue weighted by atomic mass is 9.79. The quantitative estimate of drug-likeness (QED) is 0.719. The molecule has 2 heterocycles. The Balaban J connectivity index is 1.48. The van der Waals surface area contributed by atoms with Gasteiger partial charge in [-0.1, -0.05) is 6.92 Å². The lowest BCUT2D eigenvalue weighted by Crippen LogP contribution is -2.59. The molecule has 2 saturated heterocycles. The average molecular weight is 222 g/mol. The highest BCUT2D eigenvalue weighted by Crippen LogP contribution is 2.41. The summed E-state index contributed by atoms with van der Waals surface area (Å²) in [6.45, 7) is 7.92. The molecule has 3 nitrogen and oxygen atoms in total. The fourth-order valence-corrected chi connectivity index (χ4v) is 3.19. The van der Waals surface area contributed by atoms with E-state index in [2.05, 4.69) is 16.7 Å². The summed E-state index contributed by atoms with van der Waals surface area (Å²) in [5, 5.41) is 0. The molecule has 3 aliphatic rings. The first-order chi connectivity index (χ1) is 7.71. The SMILES string of the molecule is CCN1CCC2(C1)CN(C(=O)CC1CC1)C2. The number of likely N-dealkylation sites (tertiary alicyclic amines) is 2. The van der Waals surface area contributed by atoms with E-state index < -0.39 is 0 Å². The summed E-state index contributed by atoms with van der Waals surface area (Å²) in [6, 6.07) is 0. The number of carbonyl (C=O) groups is 1. The van der Waals surface area contributed by atoms with Crippen LogP contribution in [-0.4, -0.2) is 48.4 Å². The molecular weight excluding hydrogens is 200 g/mol. The van der Waals surface area contributed by atoms with Crippen LogP contribution in [0, 0.1) is 11.3 Å². The predicted octanol–water partition coefficient (Wildman–Crippen LogP) is 1.34. The maximum atomic E-state index is 11.9. The third kappa shape index (κ3) is 1.86. The molecule has 0 aromatic rings. The molecule has 0 N–H and O–H groups in total. The van der Waals surface area contributed by atoms with Gasteiger partial charge in [0.25, 0.3) is 0 Å². The maximum absolute atomic E-state index is 11.9. The van der Waals surface area contributed by atoms with Gasteiger partial charge in [-0.25, -0.2) is 0 Å². The van der Waals surface area contributed by atoms with Crippen molar-refractivity contribution < 1.29 is 4.79 Å². The highest BCUT2D eigenvalue weighted by molar-refractivity contribution is 5.77. The van der Waals surface area contributed by atoms with E-state index in [1.54, 1.807) is 0 Å². The van der Waals surface area contributed by atoms with Crippen molar-refractivity contribution in [2.45, 2.75) is 32.6 Å². The first-order valence-electron chi connectivity index (χ1n) is 6.71. The summed E-state index contributed by atoms with van der Waals surface area (Å²) in [5.41, 5.74) is 0.481. The number of amides is 1. The topological polar surface area (TPSA) is 23.6 Å². The Bertz CT molecular complexity index is 292. The standard InChI is InChI=1S/C13H22N2O/c1-2-14-6-5-13(8-14)9-15(10-13)12(16)7-11-3-4-11/h11H,2-10H2,1H3. The average Bonchev–Trinajstić information content (AvgIpc) is 2.92. The maximum Gasteiger partial charge on any atom is 0.222 e. The summed E-state index contributed by atoms with van der Waals surface area (Å²) in [7, 11) is 0. The second kappa shape index (κ2) is 3.73. The Kier molecular flexibility index (Phi) is 2.46. The van der Waals surface area contributed by atoms with Gasteiger partial charge in [0.15, 0.2) is 0 Å². The largest absolute Gasteiger partial charge is 0.341 e. The van der Waals surface area contributed by atoms with Gasteiger partial charge in [0.05, 0.1) is 0 Å². The van der Waals surface area contributed by atoms with Crippen molar-refractivity contribution in [2.75, 3.05) is 32.7 Å². The second-order valence-electron chi connectivity index (χ2n) is 6.02. The Morgan fingerprint density at radius 2 is 2.06 bits per heavy atom. The molecule has 0 aromatic carbocycles. The highest BCUT2D eigenvalue weighted by Gasteiger charge is 2.49. The predicted molar refractivity (Wildman–Crippen MR) is 63.1 cm³/mol. The summed E-state index contributed by atoms with van der Waals surface area (Å²) in [5.74, 6) is 1.16. The summed E-state index contributed by atoms with van der Waals surface area (Å²) < 4.78 is 0. The first kappa shape index (κ1) is 10.6. The number of hydrogen-bond acceptors (Lipinski definition) is 2. The molecule has 16 heavy (non-hydrogen) atoms. The van der Waals surface area contributed by atoms with Crippen LogP contribution in [0.25, 0.3) is 0 Å². The van der Waals surface area contributed by atoms with Crippen LogP contribution >= 0.6 is 0 Å². The van der Waals surface area contributed by atoms with Crippen LogP contribution in [0.15, 0.2) is 0 Å². The van der Waals surface area contributed by atoms with Crippen molar-refractivity contribution in [1.29, 1.82) is 0 Å². The molecule has 90 valence electrons. The van der Waals surface area contributed by atoms with Crippen LogP contribution in [0.4, 0.5) is 0 Å². The van der Waals surface area contributed by atoms with Gasteiger partial charge < -0.3 is 9.80 Å². The minimum absolute atomic E-state index is 0.420. The molecule has 3 heteroatoms. The van der Waals surface area contributed by atoms with Crippen molar-refractivity contribution >= 4 is 5.91 Å². The number of nitrogens with zero attached hydrogens (tertiary/aromatic N) is 2. The molecule has 0 bridgehead atoms. The van der Waals surface area contributed by atoms with E-state index in [0.717, 1.165) is 32.0 Å². The van der Waals surface area contributed by atoms with Crippen LogP contribution in [0.3, 0.4) is 0 Å². The van der Waals surface area contributed by atoms with Crippen LogP contribution in [0.1, 0.15) is 32.6 Å². The van der Waals surface area contributed by atoms with E-state index >= 15 is 0 Å². The zero-order valence-electron chi connectivity index (χ0n) is 10.2. The van der Waals surface area contributed by atoms with E-state index in [9.17, 15) is 4.79 Å². The highest BCUT2D eigenvalue weighted by atomic mass is 16.2. The van der Waals surface area contributed by atoms with Gasteiger partial charge >= 0.3 is 0 Å². The van der Waals surface area contributed by atoms with Crippen molar-refractivity contribution in [3.63, 3.8) is 0 Å². The normalized spacial score (nSPS) is 28.4. The third-order valence-electron chi connectivity index (χ3n) is 4.53. The molecule has 1 spiro atoms. The summed E-state index contributed by atoms with van der Waals surface area (Å²) in [6.07, 6.45) is 4.70. The van der Waals surface area contributed by atoms with Crippen molar-refractivity contribution in [1.82, 2.24) is 9.80 Å².